The van der Waals surface area contributed by atoms with Crippen molar-refractivity contribution >= 4 is 17.6 Å². The van der Waals surface area contributed by atoms with Gasteiger partial charge in [-0.05, 0) is 41.5 Å². The summed E-state index contributed by atoms with van der Waals surface area (Å²) in [5, 5.41) is 16.9. The minimum atomic E-state index is -1.04. The fourth-order valence-electron chi connectivity index (χ4n) is 2.00. The van der Waals surface area contributed by atoms with Crippen LogP contribution in [0.25, 0.3) is 11.6 Å². The van der Waals surface area contributed by atoms with Gasteiger partial charge < -0.3 is 19.7 Å². The van der Waals surface area contributed by atoms with Gasteiger partial charge in [0.1, 0.15) is 11.5 Å². The molecule has 0 fully saturated rings. The first-order valence-corrected chi connectivity index (χ1v) is 6.53. The van der Waals surface area contributed by atoms with Crippen LogP contribution in [0.3, 0.4) is 0 Å². The molecular weight excluding hydrogens is 284 g/mol. The van der Waals surface area contributed by atoms with Crippen LogP contribution in [0.15, 0.2) is 42.5 Å². The monoisotopic (exact) mass is 301 g/mol. The van der Waals surface area contributed by atoms with Crippen LogP contribution in [-0.2, 0) is 4.79 Å². The van der Waals surface area contributed by atoms with E-state index in [-0.39, 0.29) is 5.57 Å². The minimum Gasteiger partial charge on any atom is -0.593 e. The van der Waals surface area contributed by atoms with Crippen LogP contribution in [0.4, 0.5) is 0 Å². The fourth-order valence-corrected chi connectivity index (χ4v) is 2.00. The number of methoxy groups -OCH3 is 2. The van der Waals surface area contributed by atoms with Crippen LogP contribution in [-0.4, -0.2) is 30.4 Å². The number of hydrogen-bond donors (Lipinski definition) is 1. The molecule has 0 saturated heterocycles. The van der Waals surface area contributed by atoms with Gasteiger partial charge in [0.25, 0.3) is 5.75 Å². The van der Waals surface area contributed by atoms with Crippen molar-refractivity contribution in [1.82, 2.24) is 0 Å². The smallest absolute Gasteiger partial charge is 0.336 e. The summed E-state index contributed by atoms with van der Waals surface area (Å²) in [7, 11) is 3.07. The second kappa shape index (κ2) is 6.67. The standard InChI is InChI=1S/C17H16O5/c1-21-14-7-11(8-15(10-14)22-2)9-16(17(19)20)12-3-5-13(18)6-4-12/h3-10,18H,1-2H3,(H,19,20)/p+1/b16-9+. The third-order valence-electron chi connectivity index (χ3n) is 3.11. The minimum absolute atomic E-state index is 0.135. The summed E-state index contributed by atoms with van der Waals surface area (Å²) in [6.45, 7) is 0. The highest BCUT2D eigenvalue weighted by atomic mass is 16.5. The molecular formula is C17H17O5+. The van der Waals surface area contributed by atoms with Gasteiger partial charge in [-0.15, -0.1) is 0 Å². The molecule has 0 amide bonds. The van der Waals surface area contributed by atoms with Crippen LogP contribution in [0.1, 0.15) is 11.1 Å². The van der Waals surface area contributed by atoms with Gasteiger partial charge in [0, 0.05) is 18.2 Å². The molecule has 0 aliphatic rings. The lowest BCUT2D eigenvalue weighted by atomic mass is 10.0. The van der Waals surface area contributed by atoms with Crippen molar-refractivity contribution in [2.45, 2.75) is 0 Å². The molecule has 2 aromatic carbocycles. The number of carboxylic acids is 1. The lowest BCUT2D eigenvalue weighted by Gasteiger charge is -2.07. The van der Waals surface area contributed by atoms with Crippen molar-refractivity contribution < 1.29 is 24.5 Å². The van der Waals surface area contributed by atoms with Gasteiger partial charge in [-0.25, -0.2) is 4.79 Å². The zero-order valence-corrected chi connectivity index (χ0v) is 12.3. The Morgan fingerprint density at radius 1 is 1.05 bits per heavy atom. The Hall–Kier alpha value is -2.95. The van der Waals surface area contributed by atoms with Crippen molar-refractivity contribution in [3.63, 3.8) is 0 Å². The molecule has 0 atom stereocenters. The molecule has 0 bridgehead atoms. The molecule has 2 rings (SSSR count). The summed E-state index contributed by atoms with van der Waals surface area (Å²) >= 11 is 0. The highest BCUT2D eigenvalue weighted by Gasteiger charge is 2.12. The van der Waals surface area contributed by atoms with Gasteiger partial charge >= 0.3 is 5.97 Å². The Morgan fingerprint density at radius 2 is 1.59 bits per heavy atom. The molecule has 0 radical (unpaired) electrons. The van der Waals surface area contributed by atoms with Gasteiger partial charge in [-0.3, -0.25) is 0 Å². The Labute approximate surface area is 128 Å². The van der Waals surface area contributed by atoms with Crippen molar-refractivity contribution in [1.29, 1.82) is 0 Å². The number of carboxylic acid groups (broad SMARTS) is 1. The highest BCUT2D eigenvalue weighted by Crippen LogP contribution is 2.27. The largest absolute Gasteiger partial charge is 0.593 e. The van der Waals surface area contributed by atoms with Gasteiger partial charge in [-0.2, -0.15) is 0 Å². The lowest BCUT2D eigenvalue weighted by Crippen LogP contribution is -1.99. The summed E-state index contributed by atoms with van der Waals surface area (Å²) in [6.07, 6.45) is 1.55. The average molecular weight is 301 g/mol. The summed E-state index contributed by atoms with van der Waals surface area (Å²) in [5.41, 5.74) is 1.32. The molecule has 2 aromatic rings. The Balaban J connectivity index is 2.50. The lowest BCUT2D eigenvalue weighted by molar-refractivity contribution is -0.130. The molecule has 3 N–H and O–H groups in total. The van der Waals surface area contributed by atoms with E-state index < -0.39 is 5.97 Å². The number of hydrogen-bond acceptors (Lipinski definition) is 3. The number of carbonyl (C=O) groups is 1. The third kappa shape index (κ3) is 3.58. The molecule has 0 unspecified atom stereocenters. The summed E-state index contributed by atoms with van der Waals surface area (Å²) in [6, 6.07) is 11.5. The molecule has 0 aromatic heterocycles. The van der Waals surface area contributed by atoms with Gasteiger partial charge in [-0.1, -0.05) is 0 Å². The zero-order chi connectivity index (χ0) is 16.1. The molecule has 114 valence electrons. The molecule has 0 heterocycles. The number of rotatable bonds is 5. The fraction of sp³-hybridized carbons (Fsp3) is 0.118. The maximum atomic E-state index is 11.5. The van der Waals surface area contributed by atoms with Crippen LogP contribution in [0, 0.1) is 0 Å². The molecule has 5 nitrogen and oxygen atoms in total. The quantitative estimate of drug-likeness (QED) is 0.523. The number of ether oxygens (including phenoxy) is 2. The maximum absolute atomic E-state index is 11.5. The molecule has 0 aliphatic heterocycles. The van der Waals surface area contributed by atoms with E-state index in [2.05, 4.69) is 0 Å². The number of benzene rings is 2. The van der Waals surface area contributed by atoms with Crippen LogP contribution in [0.5, 0.6) is 17.2 Å². The molecule has 0 saturated carbocycles. The predicted molar refractivity (Wildman–Crippen MR) is 84.6 cm³/mol. The van der Waals surface area contributed by atoms with Crippen LogP contribution in [0.2, 0.25) is 0 Å². The first kappa shape index (κ1) is 15.4. The van der Waals surface area contributed by atoms with Crippen molar-refractivity contribution in [3.8, 4) is 17.2 Å². The zero-order valence-electron chi connectivity index (χ0n) is 12.3. The first-order valence-electron chi connectivity index (χ1n) is 6.53. The molecule has 0 spiro atoms. The second-order valence-electron chi connectivity index (χ2n) is 4.59. The van der Waals surface area contributed by atoms with E-state index in [9.17, 15) is 9.90 Å². The third-order valence-corrected chi connectivity index (χ3v) is 3.11. The Morgan fingerprint density at radius 3 is 2.05 bits per heavy atom. The van der Waals surface area contributed by atoms with Gasteiger partial charge in [0.15, 0.2) is 0 Å². The SMILES string of the molecule is COc1cc(/C=C(/C(=O)O)c2ccc([OH2+])cc2)cc(OC)c1. The predicted octanol–water partition coefficient (Wildman–Crippen LogP) is 2.77. The Bertz CT molecular complexity index is 679. The normalized spacial score (nSPS) is 11.1. The van der Waals surface area contributed by atoms with Crippen LogP contribution < -0.4 is 9.47 Å². The van der Waals surface area contributed by atoms with E-state index in [0.29, 0.717) is 28.4 Å². The van der Waals surface area contributed by atoms with E-state index in [0.717, 1.165) is 0 Å². The topological polar surface area (TPSA) is 78.7 Å². The second-order valence-corrected chi connectivity index (χ2v) is 4.59. The van der Waals surface area contributed by atoms with E-state index in [1.54, 1.807) is 48.5 Å². The van der Waals surface area contributed by atoms with E-state index in [1.165, 1.54) is 14.2 Å². The molecule has 0 aliphatic carbocycles. The van der Waals surface area contributed by atoms with Crippen molar-refractivity contribution in [3.05, 3.63) is 53.6 Å². The number of aliphatic carboxylic acids is 1. The Kier molecular flexibility index (Phi) is 4.68. The maximum Gasteiger partial charge on any atom is 0.336 e. The van der Waals surface area contributed by atoms with Crippen LogP contribution >= 0.6 is 0 Å². The van der Waals surface area contributed by atoms with E-state index in [1.807, 2.05) is 0 Å². The molecule has 22 heavy (non-hydrogen) atoms. The average Bonchev–Trinajstić information content (AvgIpc) is 2.53. The van der Waals surface area contributed by atoms with Crippen molar-refractivity contribution in [2.24, 2.45) is 0 Å². The molecule has 5 heteroatoms. The van der Waals surface area contributed by atoms with Gasteiger partial charge in [0.05, 0.1) is 19.8 Å². The first-order chi connectivity index (χ1) is 10.5. The van der Waals surface area contributed by atoms with E-state index >= 15 is 0 Å². The summed E-state index contributed by atoms with van der Waals surface area (Å²) < 4.78 is 10.4. The van der Waals surface area contributed by atoms with Gasteiger partial charge in [0.2, 0.25) is 0 Å². The summed E-state index contributed by atoms with van der Waals surface area (Å²) in [4.78, 5) is 11.5. The highest BCUT2D eigenvalue weighted by molar-refractivity contribution is 6.20. The van der Waals surface area contributed by atoms with Crippen molar-refractivity contribution in [2.75, 3.05) is 14.2 Å². The van der Waals surface area contributed by atoms with E-state index in [4.69, 9.17) is 14.6 Å². The summed E-state index contributed by atoms with van der Waals surface area (Å²) in [5.74, 6) is 0.449.